The van der Waals surface area contributed by atoms with Crippen LogP contribution in [-0.2, 0) is 0 Å². The molecule has 0 aliphatic carbocycles. The van der Waals surface area contributed by atoms with Gasteiger partial charge in [0.25, 0.3) is 0 Å². The molecular formula is C8H19N3. The first-order valence-electron chi connectivity index (χ1n) is 4.45. The van der Waals surface area contributed by atoms with E-state index in [1.807, 2.05) is 0 Å². The van der Waals surface area contributed by atoms with Gasteiger partial charge in [-0.2, -0.15) is 0 Å². The minimum Gasteiger partial charge on any atom is -0.304 e. The second-order valence-electron chi connectivity index (χ2n) is 3.42. The van der Waals surface area contributed by atoms with E-state index in [1.165, 1.54) is 19.5 Å². The standard InChI is InChI=1S/C8H19N3/c1-8(2)10-7-11-5-3-4-9-6-11/h8-10H,3-7H2,1-2H3. The Labute approximate surface area is 69.1 Å². The van der Waals surface area contributed by atoms with Crippen LogP contribution < -0.4 is 10.6 Å². The lowest BCUT2D eigenvalue weighted by Crippen LogP contribution is -2.46. The summed E-state index contributed by atoms with van der Waals surface area (Å²) < 4.78 is 0. The van der Waals surface area contributed by atoms with E-state index in [1.54, 1.807) is 0 Å². The van der Waals surface area contributed by atoms with E-state index in [-0.39, 0.29) is 0 Å². The third kappa shape index (κ3) is 3.70. The van der Waals surface area contributed by atoms with E-state index in [9.17, 15) is 0 Å². The molecule has 1 rings (SSSR count). The van der Waals surface area contributed by atoms with Gasteiger partial charge in [-0.1, -0.05) is 0 Å². The summed E-state index contributed by atoms with van der Waals surface area (Å²) in [4.78, 5) is 2.39. The van der Waals surface area contributed by atoms with E-state index >= 15 is 0 Å². The summed E-state index contributed by atoms with van der Waals surface area (Å²) in [6.07, 6.45) is 1.28. The van der Waals surface area contributed by atoms with E-state index in [4.69, 9.17) is 0 Å². The monoisotopic (exact) mass is 157 g/mol. The van der Waals surface area contributed by atoms with Crippen LogP contribution in [0, 0.1) is 0 Å². The molecule has 0 aromatic carbocycles. The van der Waals surface area contributed by atoms with Gasteiger partial charge in [-0.3, -0.25) is 4.90 Å². The van der Waals surface area contributed by atoms with Crippen LogP contribution in [0.2, 0.25) is 0 Å². The van der Waals surface area contributed by atoms with E-state index in [0.29, 0.717) is 6.04 Å². The van der Waals surface area contributed by atoms with Crippen LogP contribution in [-0.4, -0.2) is 37.4 Å². The molecule has 0 aromatic rings. The highest BCUT2D eigenvalue weighted by atomic mass is 15.3. The van der Waals surface area contributed by atoms with Crippen LogP contribution in [0.4, 0.5) is 0 Å². The SMILES string of the molecule is CC(C)NCN1CCCNC1. The molecule has 1 saturated heterocycles. The van der Waals surface area contributed by atoms with Crippen molar-refractivity contribution in [2.45, 2.75) is 26.3 Å². The Bertz CT molecular complexity index is 97.5. The van der Waals surface area contributed by atoms with Crippen molar-refractivity contribution < 1.29 is 0 Å². The molecule has 3 nitrogen and oxygen atoms in total. The minimum atomic E-state index is 0.594. The van der Waals surface area contributed by atoms with Crippen molar-refractivity contribution in [1.29, 1.82) is 0 Å². The predicted octanol–water partition coefficient (Wildman–Crippen LogP) is 0.195. The highest BCUT2D eigenvalue weighted by Gasteiger charge is 2.07. The topological polar surface area (TPSA) is 27.3 Å². The highest BCUT2D eigenvalue weighted by molar-refractivity contribution is 4.63. The molecule has 3 heteroatoms. The summed E-state index contributed by atoms with van der Waals surface area (Å²) in [6, 6.07) is 0.594. The van der Waals surface area contributed by atoms with Gasteiger partial charge >= 0.3 is 0 Å². The number of hydrogen-bond donors (Lipinski definition) is 2. The van der Waals surface area contributed by atoms with Crippen LogP contribution in [0.15, 0.2) is 0 Å². The summed E-state index contributed by atoms with van der Waals surface area (Å²) in [5.74, 6) is 0. The zero-order valence-electron chi connectivity index (χ0n) is 7.56. The molecule has 2 N–H and O–H groups in total. The first-order valence-corrected chi connectivity index (χ1v) is 4.45. The number of nitrogens with one attached hydrogen (secondary N) is 2. The molecule has 1 aliphatic heterocycles. The van der Waals surface area contributed by atoms with Crippen molar-refractivity contribution >= 4 is 0 Å². The molecule has 66 valence electrons. The van der Waals surface area contributed by atoms with Crippen molar-refractivity contribution in [2.75, 3.05) is 26.4 Å². The molecule has 1 aliphatic rings. The summed E-state index contributed by atoms with van der Waals surface area (Å²) in [7, 11) is 0. The Morgan fingerprint density at radius 1 is 1.55 bits per heavy atom. The lowest BCUT2D eigenvalue weighted by molar-refractivity contribution is 0.195. The fourth-order valence-electron chi connectivity index (χ4n) is 1.19. The van der Waals surface area contributed by atoms with E-state index in [0.717, 1.165) is 13.3 Å². The maximum absolute atomic E-state index is 3.40. The first kappa shape index (κ1) is 8.97. The third-order valence-corrected chi connectivity index (χ3v) is 1.89. The Morgan fingerprint density at radius 3 is 2.91 bits per heavy atom. The smallest absolute Gasteiger partial charge is 0.0494 e. The van der Waals surface area contributed by atoms with Gasteiger partial charge in [-0.05, 0) is 26.8 Å². The van der Waals surface area contributed by atoms with Crippen molar-refractivity contribution in [1.82, 2.24) is 15.5 Å². The third-order valence-electron chi connectivity index (χ3n) is 1.89. The molecule has 0 amide bonds. The molecule has 0 radical (unpaired) electrons. The van der Waals surface area contributed by atoms with E-state index in [2.05, 4.69) is 29.4 Å². The molecule has 11 heavy (non-hydrogen) atoms. The van der Waals surface area contributed by atoms with E-state index < -0.39 is 0 Å². The molecular weight excluding hydrogens is 138 g/mol. The zero-order valence-corrected chi connectivity index (χ0v) is 7.56. The van der Waals surface area contributed by atoms with Gasteiger partial charge in [0.15, 0.2) is 0 Å². The minimum absolute atomic E-state index is 0.594. The molecule has 0 bridgehead atoms. The normalized spacial score (nSPS) is 21.0. The Morgan fingerprint density at radius 2 is 2.36 bits per heavy atom. The molecule has 0 unspecified atom stereocenters. The number of rotatable bonds is 3. The molecule has 1 fully saturated rings. The quantitative estimate of drug-likeness (QED) is 0.612. The van der Waals surface area contributed by atoms with Crippen LogP contribution in [0.1, 0.15) is 20.3 Å². The number of nitrogens with zero attached hydrogens (tertiary/aromatic N) is 1. The summed E-state index contributed by atoms with van der Waals surface area (Å²) in [5, 5.41) is 6.75. The summed E-state index contributed by atoms with van der Waals surface area (Å²) in [6.45, 7) is 8.82. The Hall–Kier alpha value is -0.120. The average molecular weight is 157 g/mol. The first-order chi connectivity index (χ1) is 5.29. The summed E-state index contributed by atoms with van der Waals surface area (Å²) >= 11 is 0. The van der Waals surface area contributed by atoms with Crippen LogP contribution in [0.3, 0.4) is 0 Å². The van der Waals surface area contributed by atoms with Gasteiger partial charge in [0, 0.05) is 25.9 Å². The lowest BCUT2D eigenvalue weighted by atomic mass is 10.3. The van der Waals surface area contributed by atoms with Gasteiger partial charge in [0.05, 0.1) is 0 Å². The Kier molecular flexibility index (Phi) is 3.83. The second kappa shape index (κ2) is 4.70. The summed E-state index contributed by atoms with van der Waals surface area (Å²) in [5.41, 5.74) is 0. The van der Waals surface area contributed by atoms with Crippen molar-refractivity contribution in [2.24, 2.45) is 0 Å². The van der Waals surface area contributed by atoms with Crippen LogP contribution >= 0.6 is 0 Å². The highest BCUT2D eigenvalue weighted by Crippen LogP contribution is 1.93. The fourth-order valence-corrected chi connectivity index (χ4v) is 1.19. The average Bonchev–Trinajstić information content (AvgIpc) is 2.03. The number of hydrogen-bond acceptors (Lipinski definition) is 3. The van der Waals surface area contributed by atoms with Crippen molar-refractivity contribution in [3.63, 3.8) is 0 Å². The van der Waals surface area contributed by atoms with Crippen molar-refractivity contribution in [3.8, 4) is 0 Å². The largest absolute Gasteiger partial charge is 0.304 e. The molecule has 0 spiro atoms. The molecule has 0 atom stereocenters. The lowest BCUT2D eigenvalue weighted by Gasteiger charge is -2.28. The van der Waals surface area contributed by atoms with Gasteiger partial charge in [-0.15, -0.1) is 0 Å². The maximum Gasteiger partial charge on any atom is 0.0494 e. The molecule has 1 heterocycles. The van der Waals surface area contributed by atoms with Gasteiger partial charge < -0.3 is 10.6 Å². The predicted molar refractivity (Wildman–Crippen MR) is 47.3 cm³/mol. The fraction of sp³-hybridized carbons (Fsp3) is 1.00. The van der Waals surface area contributed by atoms with Crippen LogP contribution in [0.5, 0.6) is 0 Å². The molecule has 0 aromatic heterocycles. The molecule has 0 saturated carbocycles. The zero-order chi connectivity index (χ0) is 8.10. The van der Waals surface area contributed by atoms with Crippen LogP contribution in [0.25, 0.3) is 0 Å². The van der Waals surface area contributed by atoms with Crippen molar-refractivity contribution in [3.05, 3.63) is 0 Å². The second-order valence-corrected chi connectivity index (χ2v) is 3.42. The Balaban J connectivity index is 2.05. The van der Waals surface area contributed by atoms with Gasteiger partial charge in [0.2, 0.25) is 0 Å². The van der Waals surface area contributed by atoms with Gasteiger partial charge in [-0.25, -0.2) is 0 Å². The van der Waals surface area contributed by atoms with Gasteiger partial charge in [0.1, 0.15) is 0 Å². The maximum atomic E-state index is 3.40.